The maximum absolute atomic E-state index is 11.2. The zero-order valence-corrected chi connectivity index (χ0v) is 9.20. The van der Waals surface area contributed by atoms with E-state index in [0.29, 0.717) is 5.56 Å². The summed E-state index contributed by atoms with van der Waals surface area (Å²) in [6, 6.07) is 7.35. The number of primary amides is 1. The second-order valence-electron chi connectivity index (χ2n) is 4.01. The van der Waals surface area contributed by atoms with Gasteiger partial charge in [0.2, 0.25) is 0 Å². The highest BCUT2D eigenvalue weighted by molar-refractivity contribution is 5.98. The van der Waals surface area contributed by atoms with Crippen LogP contribution in [0.4, 0.5) is 5.69 Å². The van der Waals surface area contributed by atoms with E-state index < -0.39 is 0 Å². The van der Waals surface area contributed by atoms with Crippen LogP contribution in [0.5, 0.6) is 0 Å². The summed E-state index contributed by atoms with van der Waals surface area (Å²) >= 11 is 0. The van der Waals surface area contributed by atoms with E-state index in [4.69, 9.17) is 5.73 Å². The van der Waals surface area contributed by atoms with Crippen LogP contribution < -0.4 is 11.1 Å². The summed E-state index contributed by atoms with van der Waals surface area (Å²) in [5.41, 5.74) is 7.87. The molecule has 3 heteroatoms. The molecule has 0 atom stereocenters. The van der Waals surface area contributed by atoms with Gasteiger partial charge in [0.1, 0.15) is 0 Å². The van der Waals surface area contributed by atoms with E-state index in [-0.39, 0.29) is 5.91 Å². The Balaban J connectivity index is 2.20. The Bertz CT molecular complexity index is 424. The van der Waals surface area contributed by atoms with Crippen molar-refractivity contribution in [1.82, 2.24) is 0 Å². The minimum atomic E-state index is -0.389. The lowest BCUT2D eigenvalue weighted by molar-refractivity contribution is 0.100. The van der Waals surface area contributed by atoms with Gasteiger partial charge in [0.15, 0.2) is 0 Å². The van der Waals surface area contributed by atoms with Crippen LogP contribution in [0.25, 0.3) is 0 Å². The van der Waals surface area contributed by atoms with Crippen LogP contribution in [-0.2, 0) is 0 Å². The van der Waals surface area contributed by atoms with Gasteiger partial charge in [-0.15, -0.1) is 0 Å². The summed E-state index contributed by atoms with van der Waals surface area (Å²) in [5, 5.41) is 3.29. The first-order valence-corrected chi connectivity index (χ1v) is 5.62. The highest BCUT2D eigenvalue weighted by Crippen LogP contribution is 2.22. The van der Waals surface area contributed by atoms with Crippen molar-refractivity contribution in [3.05, 3.63) is 41.6 Å². The molecule has 0 bridgehead atoms. The number of nitrogens with two attached hydrogens (primary N) is 1. The molecule has 0 aliphatic heterocycles. The topological polar surface area (TPSA) is 55.1 Å². The smallest absolute Gasteiger partial charge is 0.250 e. The Kier molecular flexibility index (Phi) is 3.25. The number of carbonyl (C=O) groups is 1. The fourth-order valence-electron chi connectivity index (χ4n) is 1.93. The zero-order valence-electron chi connectivity index (χ0n) is 9.20. The fraction of sp³-hybridized carbons (Fsp3) is 0.308. The number of carbonyl (C=O) groups excluding carboxylic acids is 1. The summed E-state index contributed by atoms with van der Waals surface area (Å²) in [6.45, 7) is 0. The van der Waals surface area contributed by atoms with E-state index in [1.54, 1.807) is 6.07 Å². The van der Waals surface area contributed by atoms with Gasteiger partial charge in [0.25, 0.3) is 5.91 Å². The first-order chi connectivity index (χ1) is 7.77. The van der Waals surface area contributed by atoms with Gasteiger partial charge in [-0.25, -0.2) is 0 Å². The molecule has 0 saturated heterocycles. The van der Waals surface area contributed by atoms with Gasteiger partial charge in [0, 0.05) is 5.70 Å². The standard InChI is InChI=1S/C13H16N2O/c14-13(16)11-8-4-5-9-12(11)15-10-6-2-1-3-7-10/h4-6,8-9,15H,1-3,7H2,(H2,14,16). The molecule has 0 aromatic heterocycles. The van der Waals surface area contributed by atoms with Crippen LogP contribution in [0.15, 0.2) is 36.0 Å². The molecule has 3 N–H and O–H groups in total. The summed E-state index contributed by atoms with van der Waals surface area (Å²) in [5.74, 6) is -0.389. The van der Waals surface area contributed by atoms with Crippen LogP contribution in [0.1, 0.15) is 36.0 Å². The third-order valence-corrected chi connectivity index (χ3v) is 2.78. The fourth-order valence-corrected chi connectivity index (χ4v) is 1.93. The molecule has 0 unspecified atom stereocenters. The van der Waals surface area contributed by atoms with Gasteiger partial charge in [-0.2, -0.15) is 0 Å². The zero-order chi connectivity index (χ0) is 11.4. The minimum absolute atomic E-state index is 0.389. The van der Waals surface area contributed by atoms with E-state index >= 15 is 0 Å². The molecule has 84 valence electrons. The summed E-state index contributed by atoms with van der Waals surface area (Å²) < 4.78 is 0. The van der Waals surface area contributed by atoms with Crippen LogP contribution in [-0.4, -0.2) is 5.91 Å². The van der Waals surface area contributed by atoms with E-state index in [2.05, 4.69) is 11.4 Å². The number of allylic oxidation sites excluding steroid dienone is 2. The SMILES string of the molecule is NC(=O)c1ccccc1NC1=CCCCC1. The third kappa shape index (κ3) is 2.42. The van der Waals surface area contributed by atoms with E-state index in [1.807, 2.05) is 18.2 Å². The Morgan fingerprint density at radius 3 is 2.75 bits per heavy atom. The number of nitrogens with one attached hydrogen (secondary N) is 1. The minimum Gasteiger partial charge on any atom is -0.366 e. The lowest BCUT2D eigenvalue weighted by atomic mass is 10.0. The lowest BCUT2D eigenvalue weighted by Crippen LogP contribution is -2.14. The lowest BCUT2D eigenvalue weighted by Gasteiger charge is -2.16. The van der Waals surface area contributed by atoms with Crippen molar-refractivity contribution in [3.63, 3.8) is 0 Å². The molecule has 1 aromatic carbocycles. The van der Waals surface area contributed by atoms with Crippen LogP contribution in [0.3, 0.4) is 0 Å². The van der Waals surface area contributed by atoms with Crippen LogP contribution in [0.2, 0.25) is 0 Å². The largest absolute Gasteiger partial charge is 0.366 e. The molecule has 0 fully saturated rings. The summed E-state index contributed by atoms with van der Waals surface area (Å²) in [7, 11) is 0. The van der Waals surface area contributed by atoms with E-state index in [9.17, 15) is 4.79 Å². The molecule has 0 radical (unpaired) electrons. The van der Waals surface area contributed by atoms with Gasteiger partial charge in [0.05, 0.1) is 11.3 Å². The second-order valence-corrected chi connectivity index (χ2v) is 4.01. The first-order valence-electron chi connectivity index (χ1n) is 5.62. The maximum Gasteiger partial charge on any atom is 0.250 e. The first kappa shape index (κ1) is 10.7. The number of para-hydroxylation sites is 1. The van der Waals surface area contributed by atoms with Crippen LogP contribution >= 0.6 is 0 Å². The molecular formula is C13H16N2O. The van der Waals surface area contributed by atoms with Gasteiger partial charge < -0.3 is 11.1 Å². The number of anilines is 1. The van der Waals surface area contributed by atoms with Crippen molar-refractivity contribution in [1.29, 1.82) is 0 Å². The predicted molar refractivity (Wildman–Crippen MR) is 65.1 cm³/mol. The molecule has 1 aliphatic carbocycles. The summed E-state index contributed by atoms with van der Waals surface area (Å²) in [4.78, 5) is 11.2. The Labute approximate surface area is 95.3 Å². The Hall–Kier alpha value is -1.77. The molecule has 0 heterocycles. The quantitative estimate of drug-likeness (QED) is 0.816. The molecular weight excluding hydrogens is 200 g/mol. The van der Waals surface area contributed by atoms with E-state index in [0.717, 1.165) is 18.5 Å². The predicted octanol–water partition coefficient (Wildman–Crippen LogP) is 2.66. The van der Waals surface area contributed by atoms with Crippen LogP contribution in [0, 0.1) is 0 Å². The molecule has 3 nitrogen and oxygen atoms in total. The van der Waals surface area contributed by atoms with Gasteiger partial charge in [-0.05, 0) is 37.8 Å². The third-order valence-electron chi connectivity index (χ3n) is 2.78. The number of amides is 1. The average Bonchev–Trinajstić information content (AvgIpc) is 2.31. The number of hydrogen-bond donors (Lipinski definition) is 2. The molecule has 2 rings (SSSR count). The second kappa shape index (κ2) is 4.84. The van der Waals surface area contributed by atoms with Crippen molar-refractivity contribution >= 4 is 11.6 Å². The van der Waals surface area contributed by atoms with Crippen molar-refractivity contribution in [2.75, 3.05) is 5.32 Å². The number of hydrogen-bond acceptors (Lipinski definition) is 2. The molecule has 0 spiro atoms. The maximum atomic E-state index is 11.2. The molecule has 1 aromatic rings. The van der Waals surface area contributed by atoms with Gasteiger partial charge in [-0.3, -0.25) is 4.79 Å². The molecule has 1 aliphatic rings. The number of rotatable bonds is 3. The van der Waals surface area contributed by atoms with Gasteiger partial charge >= 0.3 is 0 Å². The Morgan fingerprint density at radius 2 is 2.06 bits per heavy atom. The molecule has 16 heavy (non-hydrogen) atoms. The monoisotopic (exact) mass is 216 g/mol. The number of benzene rings is 1. The van der Waals surface area contributed by atoms with Crippen molar-refractivity contribution < 1.29 is 4.79 Å². The summed E-state index contributed by atoms with van der Waals surface area (Å²) in [6.07, 6.45) is 6.82. The molecule has 0 saturated carbocycles. The van der Waals surface area contributed by atoms with Gasteiger partial charge in [-0.1, -0.05) is 18.2 Å². The van der Waals surface area contributed by atoms with Crippen molar-refractivity contribution in [2.24, 2.45) is 5.73 Å². The average molecular weight is 216 g/mol. The highest BCUT2D eigenvalue weighted by atomic mass is 16.1. The van der Waals surface area contributed by atoms with Crippen molar-refractivity contribution in [2.45, 2.75) is 25.7 Å². The molecule has 1 amide bonds. The normalized spacial score (nSPS) is 15.4. The van der Waals surface area contributed by atoms with Crippen molar-refractivity contribution in [3.8, 4) is 0 Å². The highest BCUT2D eigenvalue weighted by Gasteiger charge is 2.09. The Morgan fingerprint density at radius 1 is 1.25 bits per heavy atom. The van der Waals surface area contributed by atoms with E-state index in [1.165, 1.54) is 18.5 Å².